The molecule has 2 aromatic carbocycles. The van der Waals surface area contributed by atoms with Gasteiger partial charge in [0.15, 0.2) is 4.80 Å². The molecule has 7 heteroatoms. The Morgan fingerprint density at radius 2 is 1.93 bits per heavy atom. The minimum atomic E-state index is -0.952. The van der Waals surface area contributed by atoms with Gasteiger partial charge in [-0.2, -0.15) is 4.99 Å². The van der Waals surface area contributed by atoms with Crippen molar-refractivity contribution in [3.63, 3.8) is 0 Å². The summed E-state index contributed by atoms with van der Waals surface area (Å²) in [4.78, 5) is 33.5. The highest BCUT2D eigenvalue weighted by Crippen LogP contribution is 2.22. The Bertz CT molecular complexity index is 1270. The first kappa shape index (κ1) is 18.1. The van der Waals surface area contributed by atoms with Crippen LogP contribution in [-0.2, 0) is 4.79 Å². The normalized spacial score (nSPS) is 13.1. The number of rotatable bonds is 4. The van der Waals surface area contributed by atoms with Gasteiger partial charge in [0, 0.05) is 11.6 Å². The molecule has 6 nitrogen and oxygen atoms in total. The predicted molar refractivity (Wildman–Crippen MR) is 108 cm³/mol. The Balaban J connectivity index is 1.88. The number of para-hydroxylation sites is 2. The molecule has 0 aliphatic rings. The van der Waals surface area contributed by atoms with E-state index in [0.717, 1.165) is 21.1 Å². The van der Waals surface area contributed by atoms with Crippen LogP contribution in [-0.4, -0.2) is 26.5 Å². The molecular weight excluding hydrogens is 374 g/mol. The Labute approximate surface area is 164 Å². The van der Waals surface area contributed by atoms with Crippen LogP contribution in [0.4, 0.5) is 0 Å². The van der Waals surface area contributed by atoms with E-state index in [9.17, 15) is 14.7 Å². The summed E-state index contributed by atoms with van der Waals surface area (Å²) in [6, 6.07) is 16.0. The number of benzene rings is 2. The topological polar surface area (TPSA) is 84.5 Å². The summed E-state index contributed by atoms with van der Waals surface area (Å²) in [5.41, 5.74) is 1.92. The van der Waals surface area contributed by atoms with Gasteiger partial charge in [0.1, 0.15) is 6.04 Å². The number of aromatic nitrogens is 2. The van der Waals surface area contributed by atoms with E-state index in [1.807, 2.05) is 48.5 Å². The van der Waals surface area contributed by atoms with Gasteiger partial charge in [-0.25, -0.2) is 4.79 Å². The van der Waals surface area contributed by atoms with Gasteiger partial charge in [0.25, 0.3) is 5.91 Å². The van der Waals surface area contributed by atoms with Gasteiger partial charge in [-0.15, -0.1) is 0 Å². The largest absolute Gasteiger partial charge is 0.480 e. The zero-order chi connectivity index (χ0) is 19.7. The van der Waals surface area contributed by atoms with E-state index >= 15 is 0 Å². The van der Waals surface area contributed by atoms with E-state index in [0.29, 0.717) is 16.8 Å². The molecule has 0 spiro atoms. The summed E-state index contributed by atoms with van der Waals surface area (Å²) in [6.07, 6.45) is 1.88. The number of aliphatic carboxylic acids is 1. The van der Waals surface area contributed by atoms with Crippen molar-refractivity contribution in [3.8, 4) is 0 Å². The Hall–Kier alpha value is -3.32. The molecule has 1 N–H and O–H groups in total. The highest BCUT2D eigenvalue weighted by molar-refractivity contribution is 7.16. The number of carboxylic acid groups (broad SMARTS) is 1. The molecule has 0 radical (unpaired) electrons. The number of nitrogens with zero attached hydrogens (tertiary/aromatic N) is 3. The number of carbonyl (C=O) groups is 2. The van der Waals surface area contributed by atoms with Crippen molar-refractivity contribution in [1.29, 1.82) is 0 Å². The molecule has 4 aromatic rings. The molecule has 1 unspecified atom stereocenters. The molecule has 28 heavy (non-hydrogen) atoms. The average molecular weight is 391 g/mol. The van der Waals surface area contributed by atoms with E-state index < -0.39 is 17.9 Å². The van der Waals surface area contributed by atoms with E-state index in [-0.39, 0.29) is 0 Å². The third-order valence-electron chi connectivity index (χ3n) is 4.55. The summed E-state index contributed by atoms with van der Waals surface area (Å²) in [7, 11) is 0. The fraction of sp³-hybridized carbons (Fsp3) is 0.143. The molecule has 1 atom stereocenters. The maximum Gasteiger partial charge on any atom is 0.326 e. The van der Waals surface area contributed by atoms with Gasteiger partial charge >= 0.3 is 5.97 Å². The second kappa shape index (κ2) is 7.36. The van der Waals surface area contributed by atoms with E-state index in [4.69, 9.17) is 0 Å². The first-order chi connectivity index (χ1) is 13.6. The third kappa shape index (κ3) is 3.20. The Kier molecular flexibility index (Phi) is 4.75. The zero-order valence-corrected chi connectivity index (χ0v) is 15.9. The lowest BCUT2D eigenvalue weighted by Crippen LogP contribution is -2.27. The minimum absolute atomic E-state index is 0.367. The van der Waals surface area contributed by atoms with E-state index in [1.165, 1.54) is 17.5 Å². The van der Waals surface area contributed by atoms with Crippen molar-refractivity contribution in [2.24, 2.45) is 4.99 Å². The van der Waals surface area contributed by atoms with Crippen molar-refractivity contribution in [1.82, 2.24) is 9.55 Å². The van der Waals surface area contributed by atoms with Gasteiger partial charge in [-0.3, -0.25) is 9.78 Å². The van der Waals surface area contributed by atoms with Crippen LogP contribution in [0.1, 0.15) is 29.7 Å². The molecule has 0 saturated heterocycles. The van der Waals surface area contributed by atoms with E-state index in [2.05, 4.69) is 9.98 Å². The van der Waals surface area contributed by atoms with Crippen LogP contribution in [0, 0.1) is 0 Å². The monoisotopic (exact) mass is 391 g/mol. The fourth-order valence-corrected chi connectivity index (χ4v) is 4.24. The molecule has 2 aromatic heterocycles. The van der Waals surface area contributed by atoms with E-state index in [1.54, 1.807) is 17.6 Å². The van der Waals surface area contributed by atoms with Gasteiger partial charge < -0.3 is 9.67 Å². The number of amides is 1. The van der Waals surface area contributed by atoms with Gasteiger partial charge in [0.2, 0.25) is 0 Å². The standard InChI is InChI=1S/C21H17N3O3S/c1-2-16(20(26)27)24-17-9-5-6-10-18(17)28-21(24)23-19(25)14-11-13-7-3-4-8-15(13)22-12-14/h3-12,16H,2H2,1H3,(H,26,27)/b23-21+. The Morgan fingerprint density at radius 1 is 1.18 bits per heavy atom. The maximum atomic E-state index is 12.8. The molecule has 0 aliphatic carbocycles. The molecule has 1 amide bonds. The number of fused-ring (bicyclic) bond motifs is 2. The maximum absolute atomic E-state index is 12.8. The van der Waals surface area contributed by atoms with Crippen molar-refractivity contribution in [2.75, 3.05) is 0 Å². The number of carbonyl (C=O) groups excluding carboxylic acids is 1. The number of hydrogen-bond donors (Lipinski definition) is 1. The molecule has 140 valence electrons. The Morgan fingerprint density at radius 3 is 2.71 bits per heavy atom. The second-order valence-electron chi connectivity index (χ2n) is 6.32. The third-order valence-corrected chi connectivity index (χ3v) is 5.59. The average Bonchev–Trinajstić information content (AvgIpc) is 3.06. The predicted octanol–water partition coefficient (Wildman–Crippen LogP) is 4.03. The first-order valence-electron chi connectivity index (χ1n) is 8.85. The second-order valence-corrected chi connectivity index (χ2v) is 7.33. The van der Waals surface area contributed by atoms with Crippen molar-refractivity contribution < 1.29 is 14.7 Å². The lowest BCUT2D eigenvalue weighted by atomic mass is 10.1. The summed E-state index contributed by atoms with van der Waals surface area (Å²) in [5, 5.41) is 10.5. The van der Waals surface area contributed by atoms with Gasteiger partial charge in [0.05, 0.1) is 21.3 Å². The highest BCUT2D eigenvalue weighted by atomic mass is 32.1. The van der Waals surface area contributed by atoms with Crippen molar-refractivity contribution >= 4 is 44.3 Å². The van der Waals surface area contributed by atoms with Crippen molar-refractivity contribution in [3.05, 3.63) is 71.2 Å². The van der Waals surface area contributed by atoms with Crippen LogP contribution in [0.5, 0.6) is 0 Å². The molecule has 0 saturated carbocycles. The highest BCUT2D eigenvalue weighted by Gasteiger charge is 2.22. The number of pyridine rings is 1. The molecule has 0 bridgehead atoms. The molecule has 0 fully saturated rings. The van der Waals surface area contributed by atoms with Gasteiger partial charge in [-0.05, 0) is 30.7 Å². The molecule has 2 heterocycles. The van der Waals surface area contributed by atoms with Crippen molar-refractivity contribution in [2.45, 2.75) is 19.4 Å². The lowest BCUT2D eigenvalue weighted by Gasteiger charge is -2.13. The quantitative estimate of drug-likeness (QED) is 0.569. The summed E-state index contributed by atoms with van der Waals surface area (Å²) >= 11 is 1.30. The number of carboxylic acids is 1. The minimum Gasteiger partial charge on any atom is -0.480 e. The SMILES string of the molecule is CCC(C(=O)O)n1/c(=N\C(=O)c2cnc3ccccc3c2)sc2ccccc21. The van der Waals surface area contributed by atoms with Crippen LogP contribution in [0.25, 0.3) is 21.1 Å². The number of hydrogen-bond acceptors (Lipinski definition) is 4. The molecule has 0 aliphatic heterocycles. The van der Waals surface area contributed by atoms with Crippen LogP contribution in [0.15, 0.2) is 65.8 Å². The lowest BCUT2D eigenvalue weighted by molar-refractivity contribution is -0.140. The fourth-order valence-electron chi connectivity index (χ4n) is 3.18. The number of thiazole rings is 1. The van der Waals surface area contributed by atoms with Crippen LogP contribution >= 0.6 is 11.3 Å². The van der Waals surface area contributed by atoms with Crippen LogP contribution in [0.3, 0.4) is 0 Å². The molecular formula is C21H17N3O3S. The molecule has 4 rings (SSSR count). The first-order valence-corrected chi connectivity index (χ1v) is 9.67. The summed E-state index contributed by atoms with van der Waals surface area (Å²) in [6.45, 7) is 1.80. The summed E-state index contributed by atoms with van der Waals surface area (Å²) < 4.78 is 2.51. The van der Waals surface area contributed by atoms with Gasteiger partial charge in [-0.1, -0.05) is 48.6 Å². The van der Waals surface area contributed by atoms with Crippen LogP contribution < -0.4 is 4.80 Å². The van der Waals surface area contributed by atoms with Crippen LogP contribution in [0.2, 0.25) is 0 Å². The zero-order valence-electron chi connectivity index (χ0n) is 15.1. The summed E-state index contributed by atoms with van der Waals surface area (Å²) in [5.74, 6) is -1.40. The smallest absolute Gasteiger partial charge is 0.326 e.